The van der Waals surface area contributed by atoms with E-state index in [4.69, 9.17) is 22.1 Å². The highest BCUT2D eigenvalue weighted by Gasteiger charge is 2.23. The maximum absolute atomic E-state index is 6.37. The SMILES string of the molecule is Nc1cnc2c(c1)OCCc1cc(-c3nncn3-c3ccccc3Cl)sc1-2. The van der Waals surface area contributed by atoms with Crippen molar-refractivity contribution in [3.05, 3.63) is 59.5 Å². The summed E-state index contributed by atoms with van der Waals surface area (Å²) in [6, 6.07) is 11.6. The van der Waals surface area contributed by atoms with E-state index in [2.05, 4.69) is 21.2 Å². The minimum absolute atomic E-state index is 0.582. The molecule has 0 spiro atoms. The number of fused-ring (bicyclic) bond motifs is 3. The summed E-state index contributed by atoms with van der Waals surface area (Å²) in [5.41, 5.74) is 9.29. The lowest BCUT2D eigenvalue weighted by atomic mass is 10.1. The van der Waals surface area contributed by atoms with Crippen LogP contribution in [0.1, 0.15) is 5.56 Å². The summed E-state index contributed by atoms with van der Waals surface area (Å²) in [5.74, 6) is 1.47. The number of aromatic nitrogens is 4. The third kappa shape index (κ3) is 2.75. The standard InChI is InChI=1S/C19H14ClN5OS/c20-13-3-1-2-4-14(13)25-10-23-24-19(25)16-7-11-5-6-26-15-8-12(21)9-22-17(15)18(11)27-16/h1-4,7-10H,5-6,21H2. The molecule has 3 aromatic heterocycles. The lowest BCUT2D eigenvalue weighted by molar-refractivity contribution is 0.326. The summed E-state index contributed by atoms with van der Waals surface area (Å²) < 4.78 is 7.73. The normalized spacial score (nSPS) is 12.8. The van der Waals surface area contributed by atoms with E-state index in [1.54, 1.807) is 23.9 Å². The minimum Gasteiger partial charge on any atom is -0.491 e. The van der Waals surface area contributed by atoms with Crippen LogP contribution in [0.4, 0.5) is 5.69 Å². The van der Waals surface area contributed by atoms with Crippen molar-refractivity contribution in [3.8, 4) is 32.7 Å². The number of nitrogens with two attached hydrogens (primary N) is 1. The number of hydrogen-bond donors (Lipinski definition) is 1. The number of anilines is 1. The number of benzene rings is 1. The summed E-state index contributed by atoms with van der Waals surface area (Å²) in [4.78, 5) is 6.58. The third-order valence-corrected chi connectivity index (χ3v) is 5.91. The van der Waals surface area contributed by atoms with Gasteiger partial charge in [-0.3, -0.25) is 4.57 Å². The van der Waals surface area contributed by atoms with E-state index < -0.39 is 0 Å². The van der Waals surface area contributed by atoms with Crippen molar-refractivity contribution in [2.75, 3.05) is 12.3 Å². The van der Waals surface area contributed by atoms with Crippen LogP contribution in [-0.4, -0.2) is 26.4 Å². The zero-order chi connectivity index (χ0) is 18.4. The monoisotopic (exact) mass is 395 g/mol. The number of thiophene rings is 1. The highest BCUT2D eigenvalue weighted by atomic mass is 35.5. The zero-order valence-corrected chi connectivity index (χ0v) is 15.7. The number of nitrogen functional groups attached to an aromatic ring is 1. The molecule has 5 rings (SSSR count). The molecule has 4 aromatic rings. The highest BCUT2D eigenvalue weighted by molar-refractivity contribution is 7.19. The Morgan fingerprint density at radius 1 is 1.22 bits per heavy atom. The number of halogens is 1. The van der Waals surface area contributed by atoms with Gasteiger partial charge in [-0.1, -0.05) is 23.7 Å². The van der Waals surface area contributed by atoms with Gasteiger partial charge in [0.1, 0.15) is 17.8 Å². The number of ether oxygens (including phenoxy) is 1. The Labute approximate surface area is 164 Å². The number of para-hydroxylation sites is 1. The van der Waals surface area contributed by atoms with Crippen LogP contribution >= 0.6 is 22.9 Å². The molecule has 0 atom stereocenters. The lowest BCUT2D eigenvalue weighted by Gasteiger charge is -2.08. The highest BCUT2D eigenvalue weighted by Crippen LogP contribution is 2.43. The van der Waals surface area contributed by atoms with E-state index in [9.17, 15) is 0 Å². The molecule has 0 bridgehead atoms. The number of rotatable bonds is 2. The fourth-order valence-electron chi connectivity index (χ4n) is 3.16. The second kappa shape index (κ2) is 6.37. The molecule has 0 amide bonds. The molecule has 134 valence electrons. The van der Waals surface area contributed by atoms with Crippen molar-refractivity contribution in [1.82, 2.24) is 19.7 Å². The molecule has 4 heterocycles. The average Bonchev–Trinajstić information content (AvgIpc) is 3.26. The second-order valence-corrected chi connectivity index (χ2v) is 7.61. The Kier molecular flexibility index (Phi) is 3.84. The quantitative estimate of drug-likeness (QED) is 0.549. The van der Waals surface area contributed by atoms with Crippen LogP contribution < -0.4 is 10.5 Å². The molecule has 8 heteroatoms. The first-order valence-electron chi connectivity index (χ1n) is 8.37. The number of hydrogen-bond acceptors (Lipinski definition) is 6. The second-order valence-electron chi connectivity index (χ2n) is 6.15. The molecule has 1 aromatic carbocycles. The summed E-state index contributed by atoms with van der Waals surface area (Å²) in [6.07, 6.45) is 4.13. The van der Waals surface area contributed by atoms with Crippen LogP contribution in [0.15, 0.2) is 48.9 Å². The molecule has 1 aliphatic heterocycles. The minimum atomic E-state index is 0.582. The Bertz CT molecular complexity index is 1150. The summed E-state index contributed by atoms with van der Waals surface area (Å²) in [5, 5.41) is 9.08. The summed E-state index contributed by atoms with van der Waals surface area (Å²) in [6.45, 7) is 0.582. The molecule has 2 N–H and O–H groups in total. The van der Waals surface area contributed by atoms with Gasteiger partial charge in [-0.15, -0.1) is 21.5 Å². The number of nitrogens with zero attached hydrogens (tertiary/aromatic N) is 4. The summed E-state index contributed by atoms with van der Waals surface area (Å²) in [7, 11) is 0. The molecule has 0 saturated heterocycles. The van der Waals surface area contributed by atoms with Crippen LogP contribution in [0.5, 0.6) is 5.75 Å². The maximum atomic E-state index is 6.37. The first-order valence-corrected chi connectivity index (χ1v) is 9.57. The van der Waals surface area contributed by atoms with Crippen LogP contribution in [0.3, 0.4) is 0 Å². The van der Waals surface area contributed by atoms with E-state index in [0.29, 0.717) is 17.3 Å². The fraction of sp³-hybridized carbons (Fsp3) is 0.105. The maximum Gasteiger partial charge on any atom is 0.178 e. The molecule has 0 radical (unpaired) electrons. The topological polar surface area (TPSA) is 78.8 Å². The van der Waals surface area contributed by atoms with Gasteiger partial charge in [0.15, 0.2) is 5.82 Å². The van der Waals surface area contributed by atoms with Crippen molar-refractivity contribution in [2.45, 2.75) is 6.42 Å². The Hall–Kier alpha value is -2.90. The van der Waals surface area contributed by atoms with Crippen LogP contribution in [0.2, 0.25) is 5.02 Å². The zero-order valence-electron chi connectivity index (χ0n) is 14.1. The van der Waals surface area contributed by atoms with Crippen molar-refractivity contribution in [2.24, 2.45) is 0 Å². The van der Waals surface area contributed by atoms with Gasteiger partial charge >= 0.3 is 0 Å². The molecular weight excluding hydrogens is 382 g/mol. The Morgan fingerprint density at radius 3 is 3.00 bits per heavy atom. The van der Waals surface area contributed by atoms with Crippen LogP contribution in [0, 0.1) is 0 Å². The third-order valence-electron chi connectivity index (χ3n) is 4.41. The van der Waals surface area contributed by atoms with Gasteiger partial charge in [0.2, 0.25) is 0 Å². The van der Waals surface area contributed by atoms with E-state index in [0.717, 1.165) is 39.1 Å². The van der Waals surface area contributed by atoms with Gasteiger partial charge < -0.3 is 10.5 Å². The lowest BCUT2D eigenvalue weighted by Crippen LogP contribution is -1.99. The van der Waals surface area contributed by atoms with Crippen molar-refractivity contribution >= 4 is 28.6 Å². The molecule has 0 fully saturated rings. The fourth-order valence-corrected chi connectivity index (χ4v) is 4.58. The molecular formula is C19H14ClN5OS. The van der Waals surface area contributed by atoms with Crippen molar-refractivity contribution in [1.29, 1.82) is 0 Å². The predicted octanol–water partition coefficient (Wildman–Crippen LogP) is 4.23. The van der Waals surface area contributed by atoms with Crippen LogP contribution in [-0.2, 0) is 6.42 Å². The average molecular weight is 396 g/mol. The molecule has 0 saturated carbocycles. The van der Waals surface area contributed by atoms with E-state index in [1.165, 1.54) is 5.56 Å². The molecule has 27 heavy (non-hydrogen) atoms. The van der Waals surface area contributed by atoms with Gasteiger partial charge in [-0.05, 0) is 23.8 Å². The van der Waals surface area contributed by atoms with E-state index in [-0.39, 0.29) is 0 Å². The van der Waals surface area contributed by atoms with Gasteiger partial charge in [0.25, 0.3) is 0 Å². The smallest absolute Gasteiger partial charge is 0.178 e. The van der Waals surface area contributed by atoms with Crippen molar-refractivity contribution < 1.29 is 4.74 Å². The molecule has 0 aliphatic carbocycles. The Morgan fingerprint density at radius 2 is 2.11 bits per heavy atom. The first-order chi connectivity index (χ1) is 13.2. The van der Waals surface area contributed by atoms with Crippen LogP contribution in [0.25, 0.3) is 27.0 Å². The molecule has 0 unspecified atom stereocenters. The van der Waals surface area contributed by atoms with Gasteiger partial charge in [0.05, 0.1) is 39.0 Å². The van der Waals surface area contributed by atoms with Gasteiger partial charge in [0, 0.05) is 12.5 Å². The number of pyridine rings is 1. The van der Waals surface area contributed by atoms with Gasteiger partial charge in [-0.2, -0.15) is 0 Å². The predicted molar refractivity (Wildman–Crippen MR) is 107 cm³/mol. The molecule has 1 aliphatic rings. The van der Waals surface area contributed by atoms with E-state index in [1.807, 2.05) is 34.9 Å². The summed E-state index contributed by atoms with van der Waals surface area (Å²) >= 11 is 7.99. The largest absolute Gasteiger partial charge is 0.491 e. The molecule has 6 nitrogen and oxygen atoms in total. The van der Waals surface area contributed by atoms with Crippen molar-refractivity contribution in [3.63, 3.8) is 0 Å². The van der Waals surface area contributed by atoms with E-state index >= 15 is 0 Å². The van der Waals surface area contributed by atoms with Gasteiger partial charge in [-0.25, -0.2) is 4.98 Å². The Balaban J connectivity index is 1.65. The first kappa shape index (κ1) is 16.3.